The number of carbonyl (C=O) groups is 2. The minimum atomic E-state index is -4.25. The van der Waals surface area contributed by atoms with Crippen LogP contribution < -0.4 is 16.6 Å². The first-order valence-corrected chi connectivity index (χ1v) is 16.2. The van der Waals surface area contributed by atoms with Gasteiger partial charge in [0.1, 0.15) is 23.8 Å². The van der Waals surface area contributed by atoms with Crippen LogP contribution in [0.25, 0.3) is 11.2 Å². The van der Waals surface area contributed by atoms with Gasteiger partial charge in [-0.15, -0.1) is 0 Å². The predicted octanol–water partition coefficient (Wildman–Crippen LogP) is 2.80. The molecule has 1 fully saturated rings. The highest BCUT2D eigenvalue weighted by Crippen LogP contribution is 2.50. The highest BCUT2D eigenvalue weighted by molar-refractivity contribution is 8.13. The van der Waals surface area contributed by atoms with Crippen LogP contribution in [0.3, 0.4) is 0 Å². The molecule has 3 rings (SSSR count). The quantitative estimate of drug-likeness (QED) is 0.110. The molecule has 6 N–H and O–H groups in total. The van der Waals surface area contributed by atoms with Crippen LogP contribution >= 0.6 is 42.7 Å². The number of thioether (sulfide) groups is 1. The monoisotopic (exact) mass is 671 g/mol. The van der Waals surface area contributed by atoms with E-state index >= 15 is 0 Å². The number of nitrogens with zero attached hydrogens (tertiary/aromatic N) is 4. The number of ether oxygens (including phenoxy) is 2. The van der Waals surface area contributed by atoms with Crippen molar-refractivity contribution >= 4 is 76.7 Å². The van der Waals surface area contributed by atoms with Crippen molar-refractivity contribution in [3.05, 3.63) is 6.33 Å². The number of rotatable bonds is 12. The number of fused-ring (bicyclic) bond motifs is 1. The van der Waals surface area contributed by atoms with Gasteiger partial charge in [-0.05, 0) is 20.8 Å². The standard InChI is InChI=1S/C23H36Cl2N7O8PS/c1-11(2)39-18(34)12(3)31-41(36,37-7-8-42-20(35)22(4,5)6)38-9-13-15(33)23(24,25)19(40-13)32-10-28-14-16(26)29-21(27)30-17(14)32/h10-13,15,19,33H,7-9H2,1-6H3,(H,31,36)(H4,26,27,29,30). The van der Waals surface area contributed by atoms with Crippen molar-refractivity contribution in [1.82, 2.24) is 24.6 Å². The summed E-state index contributed by atoms with van der Waals surface area (Å²) < 4.78 is 35.3. The molecule has 15 nitrogen and oxygen atoms in total. The molecule has 0 radical (unpaired) electrons. The molecule has 1 aliphatic heterocycles. The molecule has 0 amide bonds. The van der Waals surface area contributed by atoms with E-state index in [0.29, 0.717) is 0 Å². The number of carbonyl (C=O) groups excluding carboxylic acids is 2. The fourth-order valence-electron chi connectivity index (χ4n) is 3.65. The summed E-state index contributed by atoms with van der Waals surface area (Å²) in [5, 5.41) is 13.4. The molecule has 0 spiro atoms. The van der Waals surface area contributed by atoms with Crippen molar-refractivity contribution in [2.45, 2.75) is 76.5 Å². The van der Waals surface area contributed by atoms with Crippen LogP contribution in [0, 0.1) is 5.41 Å². The van der Waals surface area contributed by atoms with Gasteiger partial charge in [-0.2, -0.15) is 9.97 Å². The molecule has 5 unspecified atom stereocenters. The van der Waals surface area contributed by atoms with Gasteiger partial charge in [0.2, 0.25) is 5.95 Å². The largest absolute Gasteiger partial charge is 0.462 e. The number of nitrogens with two attached hydrogens (primary N) is 2. The molecule has 42 heavy (non-hydrogen) atoms. The fraction of sp³-hybridized carbons (Fsp3) is 0.696. The zero-order valence-corrected chi connectivity index (χ0v) is 27.2. The lowest BCUT2D eigenvalue weighted by atomic mass is 10.00. The average molecular weight is 673 g/mol. The second kappa shape index (κ2) is 13.5. The molecule has 0 saturated carbocycles. The van der Waals surface area contributed by atoms with Crippen molar-refractivity contribution in [3.8, 4) is 0 Å². The van der Waals surface area contributed by atoms with Gasteiger partial charge in [0, 0.05) is 11.2 Å². The number of anilines is 2. The van der Waals surface area contributed by atoms with Crippen LogP contribution in [0.4, 0.5) is 11.8 Å². The first kappa shape index (κ1) is 34.7. The van der Waals surface area contributed by atoms with E-state index in [9.17, 15) is 19.3 Å². The number of nitrogen functional groups attached to an aromatic ring is 2. The van der Waals surface area contributed by atoms with Crippen LogP contribution in [0.1, 0.15) is 47.8 Å². The summed E-state index contributed by atoms with van der Waals surface area (Å²) in [7, 11) is -4.25. The lowest BCUT2D eigenvalue weighted by Crippen LogP contribution is -2.39. The molecule has 0 aromatic carbocycles. The molecule has 3 heterocycles. The molecule has 19 heteroatoms. The summed E-state index contributed by atoms with van der Waals surface area (Å²) in [5.41, 5.74) is 11.4. The van der Waals surface area contributed by atoms with Gasteiger partial charge in [0.25, 0.3) is 0 Å². The van der Waals surface area contributed by atoms with E-state index in [0.717, 1.165) is 11.8 Å². The number of nitrogens with one attached hydrogen (secondary N) is 1. The molecule has 0 bridgehead atoms. The fourth-order valence-corrected chi connectivity index (χ4v) is 6.63. The number of hydrogen-bond donors (Lipinski definition) is 4. The first-order chi connectivity index (χ1) is 19.4. The van der Waals surface area contributed by atoms with Gasteiger partial charge in [0.05, 0.1) is 25.6 Å². The molecule has 1 saturated heterocycles. The van der Waals surface area contributed by atoms with E-state index in [1.807, 2.05) is 0 Å². The van der Waals surface area contributed by atoms with Crippen molar-refractivity contribution in [2.24, 2.45) is 5.41 Å². The van der Waals surface area contributed by atoms with Gasteiger partial charge >= 0.3 is 13.7 Å². The van der Waals surface area contributed by atoms with Gasteiger partial charge in [-0.25, -0.2) is 14.6 Å². The predicted molar refractivity (Wildman–Crippen MR) is 159 cm³/mol. The summed E-state index contributed by atoms with van der Waals surface area (Å²) in [6.07, 6.45) is -3.17. The van der Waals surface area contributed by atoms with Crippen molar-refractivity contribution < 1.29 is 37.8 Å². The summed E-state index contributed by atoms with van der Waals surface area (Å²) in [5.74, 6) is -0.651. The number of aromatic nitrogens is 4. The van der Waals surface area contributed by atoms with Crippen LogP contribution in [-0.4, -0.2) is 83.4 Å². The molecule has 2 aromatic heterocycles. The number of aliphatic hydroxyl groups excluding tert-OH is 1. The Bertz CT molecular complexity index is 1340. The van der Waals surface area contributed by atoms with Gasteiger partial charge < -0.3 is 26.0 Å². The maximum Gasteiger partial charge on any atom is 0.406 e. The third-order valence-corrected chi connectivity index (χ3v) is 9.53. The molecule has 2 aromatic rings. The Labute approximate surface area is 257 Å². The lowest BCUT2D eigenvalue weighted by molar-refractivity contribution is -0.149. The summed E-state index contributed by atoms with van der Waals surface area (Å²) >= 11 is 14.0. The van der Waals surface area contributed by atoms with E-state index in [4.69, 9.17) is 53.2 Å². The minimum absolute atomic E-state index is 0.0149. The van der Waals surface area contributed by atoms with E-state index in [2.05, 4.69) is 20.0 Å². The number of imidazole rings is 1. The normalized spacial score (nSPS) is 22.8. The van der Waals surface area contributed by atoms with Crippen molar-refractivity contribution in [3.63, 3.8) is 0 Å². The molecule has 1 aliphatic rings. The Balaban J connectivity index is 1.76. The Morgan fingerprint density at radius 2 is 1.93 bits per heavy atom. The van der Waals surface area contributed by atoms with Crippen LogP contribution in [-0.2, 0) is 32.7 Å². The van der Waals surface area contributed by atoms with Gasteiger partial charge in [0.15, 0.2) is 27.1 Å². The lowest BCUT2D eigenvalue weighted by Gasteiger charge is -2.25. The van der Waals surface area contributed by atoms with E-state index in [1.54, 1.807) is 34.6 Å². The van der Waals surface area contributed by atoms with E-state index < -0.39 is 60.7 Å². The molecule has 236 valence electrons. The van der Waals surface area contributed by atoms with E-state index in [1.165, 1.54) is 17.8 Å². The average Bonchev–Trinajstić information content (AvgIpc) is 3.37. The minimum Gasteiger partial charge on any atom is -0.462 e. The van der Waals surface area contributed by atoms with Gasteiger partial charge in [-0.1, -0.05) is 55.7 Å². The zero-order valence-electron chi connectivity index (χ0n) is 23.9. The highest BCUT2D eigenvalue weighted by Gasteiger charge is 2.56. The second-order valence-electron chi connectivity index (χ2n) is 10.8. The topological polar surface area (TPSA) is 216 Å². The maximum atomic E-state index is 13.7. The summed E-state index contributed by atoms with van der Waals surface area (Å²) in [6.45, 7) is 9.38. The van der Waals surface area contributed by atoms with Crippen LogP contribution in [0.2, 0.25) is 0 Å². The molecular formula is C23H36Cl2N7O8PS. The molecule has 0 aliphatic carbocycles. The maximum absolute atomic E-state index is 13.7. The van der Waals surface area contributed by atoms with Crippen LogP contribution in [0.5, 0.6) is 0 Å². The van der Waals surface area contributed by atoms with Gasteiger partial charge in [-0.3, -0.25) is 23.2 Å². The summed E-state index contributed by atoms with van der Waals surface area (Å²) in [4.78, 5) is 36.7. The third kappa shape index (κ3) is 8.24. The number of hydrogen-bond acceptors (Lipinski definition) is 14. The molecule has 5 atom stereocenters. The van der Waals surface area contributed by atoms with E-state index in [-0.39, 0.29) is 40.4 Å². The Hall–Kier alpha value is -1.75. The number of alkyl halides is 2. The number of aliphatic hydroxyl groups is 1. The highest BCUT2D eigenvalue weighted by atomic mass is 35.5. The first-order valence-electron chi connectivity index (χ1n) is 12.9. The zero-order chi connectivity index (χ0) is 31.6. The van der Waals surface area contributed by atoms with Crippen molar-refractivity contribution in [1.29, 1.82) is 0 Å². The molecular weight excluding hydrogens is 636 g/mol. The summed E-state index contributed by atoms with van der Waals surface area (Å²) in [6, 6.07) is -1.10. The van der Waals surface area contributed by atoms with Crippen molar-refractivity contribution in [2.75, 3.05) is 30.4 Å². The second-order valence-corrected chi connectivity index (χ2v) is 15.1. The third-order valence-electron chi connectivity index (χ3n) is 5.75. The smallest absolute Gasteiger partial charge is 0.406 e. The SMILES string of the molecule is CC(C)OC(=O)C(C)NP(=O)(OCCSC(=O)C(C)(C)C)OCC1OC(n2cnc3c(N)nc(N)nc32)C(Cl)(Cl)C1O. The number of esters is 1. The van der Waals surface area contributed by atoms with Crippen LogP contribution in [0.15, 0.2) is 6.33 Å². The Morgan fingerprint density at radius 1 is 1.26 bits per heavy atom. The number of halogens is 2. The Kier molecular flexibility index (Phi) is 11.2. The Morgan fingerprint density at radius 3 is 2.55 bits per heavy atom.